The maximum Gasteiger partial charge on any atom is 0.239 e. The smallest absolute Gasteiger partial charge is 0.239 e. The fraction of sp³-hybridized carbons (Fsp3) is 0.688. The van der Waals surface area contributed by atoms with Gasteiger partial charge in [0.1, 0.15) is 5.82 Å². The highest BCUT2D eigenvalue weighted by atomic mass is 16.2. The van der Waals surface area contributed by atoms with E-state index in [0.717, 1.165) is 56.8 Å². The summed E-state index contributed by atoms with van der Waals surface area (Å²) < 4.78 is 0. The van der Waals surface area contributed by atoms with Gasteiger partial charge in [0.15, 0.2) is 0 Å². The van der Waals surface area contributed by atoms with Gasteiger partial charge in [-0.2, -0.15) is 5.10 Å². The first kappa shape index (κ1) is 15.2. The summed E-state index contributed by atoms with van der Waals surface area (Å²) >= 11 is 0. The molecule has 0 aliphatic carbocycles. The van der Waals surface area contributed by atoms with E-state index in [0.29, 0.717) is 11.9 Å². The van der Waals surface area contributed by atoms with Crippen LogP contribution in [0.3, 0.4) is 0 Å². The van der Waals surface area contributed by atoms with Crippen LogP contribution in [0.25, 0.3) is 0 Å². The zero-order chi connectivity index (χ0) is 15.5. The summed E-state index contributed by atoms with van der Waals surface area (Å²) in [5.74, 6) is 1.14. The van der Waals surface area contributed by atoms with Crippen molar-refractivity contribution in [2.45, 2.75) is 44.7 Å². The third-order valence-corrected chi connectivity index (χ3v) is 4.76. The summed E-state index contributed by atoms with van der Waals surface area (Å²) in [5.41, 5.74) is 0.923. The molecule has 0 radical (unpaired) electrons. The van der Waals surface area contributed by atoms with Crippen LogP contribution in [0.4, 0.5) is 5.82 Å². The highest BCUT2D eigenvalue weighted by Gasteiger charge is 2.33. The molecular weight excluding hydrogens is 278 g/mol. The van der Waals surface area contributed by atoms with E-state index in [1.807, 2.05) is 24.0 Å². The molecule has 22 heavy (non-hydrogen) atoms. The summed E-state index contributed by atoms with van der Waals surface area (Å²) in [5, 5.41) is 11.6. The van der Waals surface area contributed by atoms with Crippen molar-refractivity contribution in [1.82, 2.24) is 20.0 Å². The van der Waals surface area contributed by atoms with E-state index < -0.39 is 0 Å². The molecule has 1 aromatic heterocycles. The van der Waals surface area contributed by atoms with Crippen LogP contribution in [0.15, 0.2) is 12.1 Å². The van der Waals surface area contributed by atoms with E-state index in [-0.39, 0.29) is 6.04 Å². The second-order valence-electron chi connectivity index (χ2n) is 6.44. The summed E-state index contributed by atoms with van der Waals surface area (Å²) in [6.07, 6.45) is 4.08. The molecule has 3 heterocycles. The molecule has 2 saturated heterocycles. The van der Waals surface area contributed by atoms with E-state index in [4.69, 9.17) is 0 Å². The third kappa shape index (κ3) is 3.38. The minimum atomic E-state index is 0.104. The molecule has 0 spiro atoms. The first-order valence-electron chi connectivity index (χ1n) is 8.19. The number of piperidine rings is 1. The number of nitrogens with one attached hydrogen (secondary N) is 1. The molecule has 6 nitrogen and oxygen atoms in total. The second-order valence-corrected chi connectivity index (χ2v) is 6.44. The van der Waals surface area contributed by atoms with Gasteiger partial charge in [-0.25, -0.2) is 0 Å². The fourth-order valence-electron chi connectivity index (χ4n) is 3.36. The van der Waals surface area contributed by atoms with Gasteiger partial charge in [-0.05, 0) is 58.3 Å². The Morgan fingerprint density at radius 1 is 1.18 bits per heavy atom. The fourth-order valence-corrected chi connectivity index (χ4v) is 3.36. The monoisotopic (exact) mass is 303 g/mol. The molecule has 0 unspecified atom stereocenters. The van der Waals surface area contributed by atoms with Crippen molar-refractivity contribution in [2.75, 3.05) is 32.0 Å². The normalized spacial score (nSPS) is 23.7. The van der Waals surface area contributed by atoms with Crippen LogP contribution in [-0.4, -0.2) is 64.7 Å². The number of carbonyl (C=O) groups is 1. The average Bonchev–Trinajstić information content (AvgIpc) is 2.96. The minimum absolute atomic E-state index is 0.104. The molecule has 1 amide bonds. The third-order valence-electron chi connectivity index (χ3n) is 4.76. The van der Waals surface area contributed by atoms with Crippen LogP contribution in [0, 0.1) is 6.92 Å². The summed E-state index contributed by atoms with van der Waals surface area (Å²) in [6, 6.07) is 4.41. The van der Waals surface area contributed by atoms with Crippen molar-refractivity contribution >= 4 is 11.7 Å². The van der Waals surface area contributed by atoms with Gasteiger partial charge in [-0.15, -0.1) is 5.10 Å². The van der Waals surface area contributed by atoms with Crippen LogP contribution in [-0.2, 0) is 4.79 Å². The molecule has 0 aromatic carbocycles. The Kier molecular flexibility index (Phi) is 4.57. The number of likely N-dealkylation sites (tertiary alicyclic amines) is 2. The number of rotatable bonds is 3. The molecule has 0 bridgehead atoms. The highest BCUT2D eigenvalue weighted by Crippen LogP contribution is 2.21. The lowest BCUT2D eigenvalue weighted by atomic mass is 10.0. The number of likely N-dealkylation sites (N-methyl/N-ethyl adjacent to an activating group) is 1. The predicted octanol–water partition coefficient (Wildman–Crippen LogP) is 1.28. The zero-order valence-electron chi connectivity index (χ0n) is 13.5. The van der Waals surface area contributed by atoms with E-state index >= 15 is 0 Å². The molecule has 2 fully saturated rings. The van der Waals surface area contributed by atoms with Crippen LogP contribution < -0.4 is 5.32 Å². The van der Waals surface area contributed by atoms with E-state index in [9.17, 15) is 4.79 Å². The number of aryl methyl sites for hydroxylation is 1. The molecule has 1 atom stereocenters. The summed E-state index contributed by atoms with van der Waals surface area (Å²) in [6.45, 7) is 4.64. The largest absolute Gasteiger partial charge is 0.366 e. The predicted molar refractivity (Wildman–Crippen MR) is 85.6 cm³/mol. The van der Waals surface area contributed by atoms with Crippen molar-refractivity contribution in [3.8, 4) is 0 Å². The van der Waals surface area contributed by atoms with Crippen LogP contribution in [0.2, 0.25) is 0 Å². The Hall–Kier alpha value is -1.69. The molecule has 1 aromatic rings. The van der Waals surface area contributed by atoms with Crippen LogP contribution >= 0.6 is 0 Å². The molecule has 0 saturated carbocycles. The minimum Gasteiger partial charge on any atom is -0.366 e. The van der Waals surface area contributed by atoms with Gasteiger partial charge in [0.2, 0.25) is 5.91 Å². The Morgan fingerprint density at radius 2 is 1.95 bits per heavy atom. The van der Waals surface area contributed by atoms with Gasteiger partial charge in [0.05, 0.1) is 11.7 Å². The van der Waals surface area contributed by atoms with Gasteiger partial charge >= 0.3 is 0 Å². The maximum absolute atomic E-state index is 12.6. The molecule has 6 heteroatoms. The van der Waals surface area contributed by atoms with Crippen molar-refractivity contribution in [1.29, 1.82) is 0 Å². The van der Waals surface area contributed by atoms with Gasteiger partial charge in [-0.3, -0.25) is 9.69 Å². The molecule has 3 rings (SSSR count). The van der Waals surface area contributed by atoms with Crippen LogP contribution in [0.5, 0.6) is 0 Å². The number of carbonyl (C=O) groups excluding carboxylic acids is 1. The SMILES string of the molecule is Cc1ccc(NC2CCN(C(=O)[C@H]3CCCN3C)CC2)nn1. The van der Waals surface area contributed by atoms with Crippen LogP contribution in [0.1, 0.15) is 31.4 Å². The van der Waals surface area contributed by atoms with E-state index in [1.54, 1.807) is 0 Å². The standard InChI is InChI=1S/C16H25N5O/c1-12-5-6-15(19-18-12)17-13-7-10-21(11-8-13)16(22)14-4-3-9-20(14)2/h5-6,13-14H,3-4,7-11H2,1-2H3,(H,17,19)/t14-/m1/s1. The number of nitrogens with zero attached hydrogens (tertiary/aromatic N) is 4. The zero-order valence-corrected chi connectivity index (χ0v) is 13.5. The first-order valence-corrected chi connectivity index (χ1v) is 8.19. The number of amides is 1. The van der Waals surface area contributed by atoms with Gasteiger partial charge in [0.25, 0.3) is 0 Å². The number of hydrogen-bond donors (Lipinski definition) is 1. The Morgan fingerprint density at radius 3 is 2.55 bits per heavy atom. The van der Waals surface area contributed by atoms with Crippen molar-refractivity contribution in [3.05, 3.63) is 17.8 Å². The molecular formula is C16H25N5O. The Labute approximate surface area is 131 Å². The molecule has 2 aliphatic rings. The first-order chi connectivity index (χ1) is 10.6. The summed E-state index contributed by atoms with van der Waals surface area (Å²) in [4.78, 5) is 16.8. The molecule has 1 N–H and O–H groups in total. The van der Waals surface area contributed by atoms with Gasteiger partial charge < -0.3 is 10.2 Å². The molecule has 120 valence electrons. The Balaban J connectivity index is 1.49. The average molecular weight is 303 g/mol. The molecule has 2 aliphatic heterocycles. The van der Waals surface area contributed by atoms with Crippen molar-refractivity contribution in [2.24, 2.45) is 0 Å². The lowest BCUT2D eigenvalue weighted by Crippen LogP contribution is -2.49. The second kappa shape index (κ2) is 6.60. The number of anilines is 1. The number of aromatic nitrogens is 2. The quantitative estimate of drug-likeness (QED) is 0.911. The van der Waals surface area contributed by atoms with Crippen molar-refractivity contribution in [3.63, 3.8) is 0 Å². The lowest BCUT2D eigenvalue weighted by Gasteiger charge is -2.35. The van der Waals surface area contributed by atoms with Gasteiger partial charge in [0, 0.05) is 19.1 Å². The van der Waals surface area contributed by atoms with E-state index in [2.05, 4.69) is 27.5 Å². The van der Waals surface area contributed by atoms with E-state index in [1.165, 1.54) is 0 Å². The maximum atomic E-state index is 12.6. The lowest BCUT2D eigenvalue weighted by molar-refractivity contribution is -0.136. The highest BCUT2D eigenvalue weighted by molar-refractivity contribution is 5.82. The topological polar surface area (TPSA) is 61.4 Å². The Bertz CT molecular complexity index is 510. The number of hydrogen-bond acceptors (Lipinski definition) is 5. The summed E-state index contributed by atoms with van der Waals surface area (Å²) in [7, 11) is 2.06. The van der Waals surface area contributed by atoms with Gasteiger partial charge in [-0.1, -0.05) is 0 Å². The van der Waals surface area contributed by atoms with Crippen molar-refractivity contribution < 1.29 is 4.79 Å².